The molecule has 0 amide bonds. The minimum atomic E-state index is -1.08. The standard InChI is InChI=1S/C22H26N10O2S/c1-2-8-35-22-24-20(23-14-9-12(14)11-6-4-3-5-7-11)16-21(25-22)32(31-26-16)15-10-13(17(33)18(15)34)19-27-29-30-28-19/h3-7,12-15,17-18,33-34H,2,8-10H2,1H3,(H,23,24,25)(H,27,28,29,30)/t12-,13-,14+,15+,17+,18-/m0/s1. The molecule has 12 nitrogen and oxygen atoms in total. The van der Waals surface area contributed by atoms with Crippen LogP contribution in [0.2, 0.25) is 0 Å². The molecule has 4 N–H and O–H groups in total. The molecular formula is C22H26N10O2S. The number of fused-ring (bicyclic) bond motifs is 1. The van der Waals surface area contributed by atoms with Crippen molar-refractivity contribution in [3.63, 3.8) is 0 Å². The van der Waals surface area contributed by atoms with Gasteiger partial charge in [0.05, 0.1) is 18.1 Å². The molecule has 6 atom stereocenters. The van der Waals surface area contributed by atoms with Gasteiger partial charge in [0.2, 0.25) is 0 Å². The number of anilines is 1. The van der Waals surface area contributed by atoms with Crippen LogP contribution in [0.1, 0.15) is 55.5 Å². The molecule has 35 heavy (non-hydrogen) atoms. The molecule has 13 heteroatoms. The smallest absolute Gasteiger partial charge is 0.191 e. The number of aliphatic hydroxyl groups is 2. The van der Waals surface area contributed by atoms with Gasteiger partial charge in [0, 0.05) is 17.7 Å². The van der Waals surface area contributed by atoms with Gasteiger partial charge in [0.25, 0.3) is 0 Å². The van der Waals surface area contributed by atoms with E-state index in [0.717, 1.165) is 18.6 Å². The molecule has 2 fully saturated rings. The zero-order valence-electron chi connectivity index (χ0n) is 19.1. The van der Waals surface area contributed by atoms with Crippen LogP contribution in [0.15, 0.2) is 35.5 Å². The summed E-state index contributed by atoms with van der Waals surface area (Å²) in [5.41, 5.74) is 2.38. The summed E-state index contributed by atoms with van der Waals surface area (Å²) in [6, 6.07) is 10.1. The normalized spacial score (nSPS) is 28.0. The van der Waals surface area contributed by atoms with Gasteiger partial charge in [-0.1, -0.05) is 59.4 Å². The van der Waals surface area contributed by atoms with Crippen molar-refractivity contribution in [3.8, 4) is 0 Å². The first-order chi connectivity index (χ1) is 17.1. The number of hydrogen-bond acceptors (Lipinski definition) is 11. The van der Waals surface area contributed by atoms with E-state index in [1.54, 1.807) is 16.4 Å². The van der Waals surface area contributed by atoms with Gasteiger partial charge in [-0.3, -0.25) is 0 Å². The van der Waals surface area contributed by atoms with Gasteiger partial charge in [-0.05, 0) is 24.8 Å². The van der Waals surface area contributed by atoms with Gasteiger partial charge in [-0.25, -0.2) is 14.6 Å². The highest BCUT2D eigenvalue weighted by atomic mass is 32.2. The van der Waals surface area contributed by atoms with E-state index in [2.05, 4.69) is 67.4 Å². The second-order valence-corrected chi connectivity index (χ2v) is 10.1. The van der Waals surface area contributed by atoms with Gasteiger partial charge < -0.3 is 15.5 Å². The van der Waals surface area contributed by atoms with Crippen LogP contribution < -0.4 is 5.32 Å². The number of thioether (sulfide) groups is 1. The Labute approximate surface area is 204 Å². The van der Waals surface area contributed by atoms with E-state index in [-0.39, 0.29) is 6.04 Å². The van der Waals surface area contributed by atoms with Crippen LogP contribution in [-0.2, 0) is 0 Å². The Hall–Kier alpha value is -3.16. The fraction of sp³-hybridized carbons (Fsp3) is 0.500. The minimum absolute atomic E-state index is 0.256. The fourth-order valence-corrected chi connectivity index (χ4v) is 5.52. The quantitative estimate of drug-likeness (QED) is 0.208. The van der Waals surface area contributed by atoms with Gasteiger partial charge in [0.1, 0.15) is 6.10 Å². The topological polar surface area (TPSA) is 163 Å². The average Bonchev–Trinajstić information content (AvgIpc) is 3.19. The van der Waals surface area contributed by atoms with Crippen molar-refractivity contribution >= 4 is 28.7 Å². The molecule has 0 spiro atoms. The van der Waals surface area contributed by atoms with E-state index in [9.17, 15) is 10.2 Å². The van der Waals surface area contributed by atoms with Crippen molar-refractivity contribution in [1.29, 1.82) is 0 Å². The van der Waals surface area contributed by atoms with Gasteiger partial charge in [-0.15, -0.1) is 15.3 Å². The molecule has 0 aliphatic heterocycles. The number of nitrogens with one attached hydrogen (secondary N) is 2. The number of rotatable bonds is 8. The summed E-state index contributed by atoms with van der Waals surface area (Å²) >= 11 is 1.57. The Morgan fingerprint density at radius 2 is 1.94 bits per heavy atom. The van der Waals surface area contributed by atoms with E-state index in [1.165, 1.54) is 5.56 Å². The van der Waals surface area contributed by atoms with E-state index in [4.69, 9.17) is 9.97 Å². The first-order valence-corrected chi connectivity index (χ1v) is 12.8. The third-order valence-corrected chi connectivity index (χ3v) is 7.79. The van der Waals surface area contributed by atoms with E-state index < -0.39 is 24.2 Å². The van der Waals surface area contributed by atoms with Crippen LogP contribution in [-0.4, -0.2) is 79.8 Å². The number of hydrogen-bond donors (Lipinski definition) is 4. The molecule has 0 bridgehead atoms. The third-order valence-electron chi connectivity index (χ3n) is 6.74. The number of aromatic amines is 1. The van der Waals surface area contributed by atoms with Crippen molar-refractivity contribution in [3.05, 3.63) is 41.7 Å². The Morgan fingerprint density at radius 1 is 1.09 bits per heavy atom. The first-order valence-electron chi connectivity index (χ1n) is 11.8. The van der Waals surface area contributed by atoms with Gasteiger partial charge in [0.15, 0.2) is 28.0 Å². The Balaban J connectivity index is 1.32. The molecule has 0 radical (unpaired) electrons. The van der Waals surface area contributed by atoms with Crippen LogP contribution >= 0.6 is 11.8 Å². The number of aromatic nitrogens is 9. The number of aliphatic hydroxyl groups excluding tert-OH is 2. The average molecular weight is 495 g/mol. The largest absolute Gasteiger partial charge is 0.390 e. The zero-order valence-corrected chi connectivity index (χ0v) is 19.9. The Morgan fingerprint density at radius 3 is 2.71 bits per heavy atom. The van der Waals surface area contributed by atoms with Crippen molar-refractivity contribution in [2.75, 3.05) is 11.1 Å². The highest BCUT2D eigenvalue weighted by Crippen LogP contribution is 2.44. The number of tetrazole rings is 1. The van der Waals surface area contributed by atoms with Crippen LogP contribution in [0.4, 0.5) is 5.82 Å². The molecule has 2 aliphatic carbocycles. The summed E-state index contributed by atoms with van der Waals surface area (Å²) in [6.07, 6.45) is 0.255. The molecular weight excluding hydrogens is 468 g/mol. The number of H-pyrrole nitrogens is 1. The van der Waals surface area contributed by atoms with Crippen molar-refractivity contribution in [2.45, 2.75) is 67.5 Å². The van der Waals surface area contributed by atoms with Crippen LogP contribution in [0, 0.1) is 0 Å². The zero-order chi connectivity index (χ0) is 23.9. The molecule has 3 aromatic heterocycles. The maximum Gasteiger partial charge on any atom is 0.191 e. The lowest BCUT2D eigenvalue weighted by Crippen LogP contribution is -2.29. The van der Waals surface area contributed by atoms with E-state index >= 15 is 0 Å². The molecule has 6 rings (SSSR count). The monoisotopic (exact) mass is 494 g/mol. The van der Waals surface area contributed by atoms with E-state index in [1.807, 2.05) is 6.07 Å². The molecule has 2 saturated carbocycles. The molecule has 0 unspecified atom stereocenters. The first kappa shape index (κ1) is 22.3. The molecule has 0 saturated heterocycles. The molecule has 4 aromatic rings. The summed E-state index contributed by atoms with van der Waals surface area (Å²) in [4.78, 5) is 9.49. The van der Waals surface area contributed by atoms with Gasteiger partial charge >= 0.3 is 0 Å². The highest BCUT2D eigenvalue weighted by Gasteiger charge is 2.46. The molecule has 1 aromatic carbocycles. The Bertz CT molecular complexity index is 1300. The lowest BCUT2D eigenvalue weighted by atomic mass is 10.1. The van der Waals surface area contributed by atoms with E-state index in [0.29, 0.717) is 40.3 Å². The SMILES string of the molecule is CCCSc1nc(N[C@@H]2C[C@H]2c2ccccc2)c2nnn([C@@H]3C[C@H](c4nn[nH]n4)[C@@H](O)[C@H]3O)c2n1. The summed E-state index contributed by atoms with van der Waals surface area (Å²) in [7, 11) is 0. The van der Waals surface area contributed by atoms with Crippen molar-refractivity contribution < 1.29 is 10.2 Å². The lowest BCUT2D eigenvalue weighted by molar-refractivity contribution is 0.0146. The summed E-state index contributed by atoms with van der Waals surface area (Å²) in [5, 5.41) is 48.4. The van der Waals surface area contributed by atoms with Crippen LogP contribution in [0.25, 0.3) is 11.2 Å². The van der Waals surface area contributed by atoms with Crippen LogP contribution in [0.5, 0.6) is 0 Å². The summed E-state index contributed by atoms with van der Waals surface area (Å²) in [5.74, 6) is 1.84. The fourth-order valence-electron chi connectivity index (χ4n) is 4.82. The summed E-state index contributed by atoms with van der Waals surface area (Å²) in [6.45, 7) is 2.11. The highest BCUT2D eigenvalue weighted by molar-refractivity contribution is 7.99. The Kier molecular flexibility index (Phi) is 5.82. The summed E-state index contributed by atoms with van der Waals surface area (Å²) < 4.78 is 1.60. The minimum Gasteiger partial charge on any atom is -0.390 e. The van der Waals surface area contributed by atoms with Gasteiger partial charge in [-0.2, -0.15) is 5.21 Å². The van der Waals surface area contributed by atoms with Crippen LogP contribution in [0.3, 0.4) is 0 Å². The predicted molar refractivity (Wildman–Crippen MR) is 128 cm³/mol. The maximum absolute atomic E-state index is 10.9. The predicted octanol–water partition coefficient (Wildman–Crippen LogP) is 1.65. The maximum atomic E-state index is 10.9. The van der Waals surface area contributed by atoms with Crippen molar-refractivity contribution in [2.24, 2.45) is 0 Å². The molecule has 3 heterocycles. The van der Waals surface area contributed by atoms with Crippen molar-refractivity contribution in [1.82, 2.24) is 45.6 Å². The second-order valence-electron chi connectivity index (χ2n) is 9.07. The number of benzene rings is 1. The second kappa shape index (κ2) is 9.13. The third kappa shape index (κ3) is 4.13. The lowest BCUT2D eigenvalue weighted by Gasteiger charge is -2.17. The number of nitrogens with zero attached hydrogens (tertiary/aromatic N) is 8. The molecule has 2 aliphatic rings. The molecule has 182 valence electrons.